The van der Waals surface area contributed by atoms with Crippen LogP contribution in [0, 0.1) is 0 Å². The highest BCUT2D eigenvalue weighted by atomic mass is 35.5. The fourth-order valence-electron chi connectivity index (χ4n) is 4.82. The number of benzene rings is 1. The molecule has 4 rings (SSSR count). The first kappa shape index (κ1) is 32.3. The van der Waals surface area contributed by atoms with Crippen molar-refractivity contribution >= 4 is 52.2 Å². The number of anilines is 1. The molecule has 0 atom stereocenters. The van der Waals surface area contributed by atoms with Gasteiger partial charge >= 0.3 is 6.09 Å². The molecule has 1 saturated heterocycles. The maximum Gasteiger partial charge on any atom is 0.410 e. The van der Waals surface area contributed by atoms with Crippen molar-refractivity contribution in [3.63, 3.8) is 0 Å². The molecule has 0 spiro atoms. The number of nitrogens with zero attached hydrogens (tertiary/aromatic N) is 5. The smallest absolute Gasteiger partial charge is 0.410 e. The van der Waals surface area contributed by atoms with E-state index in [2.05, 4.69) is 20.2 Å². The fourth-order valence-corrected chi connectivity index (χ4v) is 5.52. The number of ether oxygens (including phenoxy) is 3. The van der Waals surface area contributed by atoms with Crippen LogP contribution in [0.1, 0.15) is 34.1 Å². The number of carbonyl (C=O) groups is 2. The molecular weight excluding hydrogens is 599 g/mol. The Hall–Kier alpha value is -3.61. The second kappa shape index (κ2) is 13.4. The van der Waals surface area contributed by atoms with E-state index in [1.165, 1.54) is 31.9 Å². The third-order valence-corrected chi connectivity index (χ3v) is 7.59. The maximum atomic E-state index is 14.1. The van der Waals surface area contributed by atoms with E-state index in [1.807, 2.05) is 20.8 Å². The monoisotopic (exact) mass is 634 g/mol. The summed E-state index contributed by atoms with van der Waals surface area (Å²) >= 11 is 13.4. The summed E-state index contributed by atoms with van der Waals surface area (Å²) in [6, 6.07) is 3.17. The summed E-state index contributed by atoms with van der Waals surface area (Å²) in [5.41, 5.74) is -0.0868. The summed E-state index contributed by atoms with van der Waals surface area (Å²) < 4.78 is 17.8. The Morgan fingerprint density at radius 2 is 1.63 bits per heavy atom. The molecule has 3 heterocycles. The number of rotatable bonds is 8. The normalized spacial score (nSPS) is 14.1. The number of amides is 2. The van der Waals surface area contributed by atoms with Crippen LogP contribution in [0.15, 0.2) is 23.1 Å². The van der Waals surface area contributed by atoms with Gasteiger partial charge in [-0.05, 0) is 39.8 Å². The molecule has 0 saturated carbocycles. The molecule has 43 heavy (non-hydrogen) atoms. The van der Waals surface area contributed by atoms with Gasteiger partial charge in [0.05, 0.1) is 29.8 Å². The van der Waals surface area contributed by atoms with Gasteiger partial charge in [-0.25, -0.2) is 9.78 Å². The number of nitrogens with one attached hydrogen (secondary N) is 1. The van der Waals surface area contributed by atoms with Gasteiger partial charge < -0.3 is 19.1 Å². The van der Waals surface area contributed by atoms with Crippen molar-refractivity contribution in [2.24, 2.45) is 0 Å². The molecule has 2 aromatic heterocycles. The lowest BCUT2D eigenvalue weighted by molar-refractivity contribution is -0.114. The molecule has 3 aromatic rings. The SMILES string of the molecule is COc1cc(OC)c(Cl)c(-c2cc3cnc(NC(C)=O)nc3n(CCCN3CCN(C(=O)OC(C)(C)C)CC3)c2=O)c1Cl. The summed E-state index contributed by atoms with van der Waals surface area (Å²) in [7, 11) is 2.92. The highest BCUT2D eigenvalue weighted by Gasteiger charge is 2.26. The van der Waals surface area contributed by atoms with Crippen molar-refractivity contribution in [1.82, 2.24) is 24.3 Å². The summed E-state index contributed by atoms with van der Waals surface area (Å²) in [4.78, 5) is 50.8. The first-order valence-corrected chi connectivity index (χ1v) is 14.6. The zero-order valence-corrected chi connectivity index (χ0v) is 26.6. The zero-order chi connectivity index (χ0) is 31.5. The summed E-state index contributed by atoms with van der Waals surface area (Å²) in [5.74, 6) is 0.342. The predicted octanol–water partition coefficient (Wildman–Crippen LogP) is 4.68. The largest absolute Gasteiger partial charge is 0.495 e. The molecule has 12 nitrogen and oxygen atoms in total. The van der Waals surface area contributed by atoms with Crippen LogP contribution in [0.2, 0.25) is 10.0 Å². The summed E-state index contributed by atoms with van der Waals surface area (Å²) in [5, 5.41) is 3.44. The van der Waals surface area contributed by atoms with Crippen molar-refractivity contribution in [1.29, 1.82) is 0 Å². The molecule has 1 aromatic carbocycles. The van der Waals surface area contributed by atoms with Crippen molar-refractivity contribution < 1.29 is 23.8 Å². The van der Waals surface area contributed by atoms with Crippen LogP contribution >= 0.6 is 23.2 Å². The highest BCUT2D eigenvalue weighted by molar-refractivity contribution is 6.41. The number of hydrogen-bond donors (Lipinski definition) is 1. The lowest BCUT2D eigenvalue weighted by Gasteiger charge is -2.35. The van der Waals surface area contributed by atoms with Gasteiger partial charge in [-0.15, -0.1) is 0 Å². The van der Waals surface area contributed by atoms with Gasteiger partial charge in [0.15, 0.2) is 0 Å². The van der Waals surface area contributed by atoms with E-state index >= 15 is 0 Å². The van der Waals surface area contributed by atoms with Crippen LogP contribution in [-0.2, 0) is 16.1 Å². The molecule has 1 aliphatic heterocycles. The number of aryl methyl sites for hydroxylation is 1. The van der Waals surface area contributed by atoms with E-state index in [-0.39, 0.29) is 44.7 Å². The van der Waals surface area contributed by atoms with Crippen LogP contribution < -0.4 is 20.3 Å². The first-order valence-electron chi connectivity index (χ1n) is 13.8. The van der Waals surface area contributed by atoms with Gasteiger partial charge in [-0.2, -0.15) is 4.98 Å². The summed E-state index contributed by atoms with van der Waals surface area (Å²) in [6.45, 7) is 10.3. The van der Waals surface area contributed by atoms with Crippen molar-refractivity contribution in [2.75, 3.05) is 52.3 Å². The molecular formula is C29H36Cl2N6O6. The molecule has 2 amide bonds. The van der Waals surface area contributed by atoms with E-state index in [1.54, 1.807) is 17.0 Å². The molecule has 0 unspecified atom stereocenters. The van der Waals surface area contributed by atoms with Gasteiger partial charge in [0.25, 0.3) is 5.56 Å². The van der Waals surface area contributed by atoms with Crippen molar-refractivity contribution in [3.8, 4) is 22.6 Å². The minimum absolute atomic E-state index is 0.0817. The molecule has 14 heteroatoms. The third kappa shape index (κ3) is 7.49. The van der Waals surface area contributed by atoms with Crippen molar-refractivity contribution in [3.05, 3.63) is 38.7 Å². The number of methoxy groups -OCH3 is 2. The van der Waals surface area contributed by atoms with Crippen LogP contribution in [-0.4, -0.2) is 88.9 Å². The van der Waals surface area contributed by atoms with E-state index in [0.717, 1.165) is 0 Å². The van der Waals surface area contributed by atoms with E-state index in [0.29, 0.717) is 68.2 Å². The number of hydrogen-bond acceptors (Lipinski definition) is 9. The quantitative estimate of drug-likeness (QED) is 0.375. The van der Waals surface area contributed by atoms with E-state index in [9.17, 15) is 14.4 Å². The fraction of sp³-hybridized carbons (Fsp3) is 0.483. The van der Waals surface area contributed by atoms with Gasteiger partial charge in [0, 0.05) is 62.9 Å². The summed E-state index contributed by atoms with van der Waals surface area (Å²) in [6.07, 6.45) is 1.82. The number of aromatic nitrogens is 3. The highest BCUT2D eigenvalue weighted by Crippen LogP contribution is 2.45. The average Bonchev–Trinajstić information content (AvgIpc) is 2.94. The molecule has 1 fully saturated rings. The Morgan fingerprint density at radius 3 is 2.19 bits per heavy atom. The van der Waals surface area contributed by atoms with Crippen LogP contribution in [0.3, 0.4) is 0 Å². The molecule has 0 radical (unpaired) electrons. The van der Waals surface area contributed by atoms with Gasteiger partial charge in [0.2, 0.25) is 11.9 Å². The minimum atomic E-state index is -0.549. The second-order valence-corrected chi connectivity index (χ2v) is 11.9. The minimum Gasteiger partial charge on any atom is -0.495 e. The Labute approximate surface area is 259 Å². The number of pyridine rings is 1. The number of carbonyl (C=O) groups excluding carboxylic acids is 2. The topological polar surface area (TPSA) is 128 Å². The molecule has 232 valence electrons. The van der Waals surface area contributed by atoms with Gasteiger partial charge in [0.1, 0.15) is 22.7 Å². The van der Waals surface area contributed by atoms with Crippen LogP contribution in [0.4, 0.5) is 10.7 Å². The number of halogens is 2. The van der Waals surface area contributed by atoms with Crippen LogP contribution in [0.25, 0.3) is 22.2 Å². The second-order valence-electron chi connectivity index (χ2n) is 11.1. The molecule has 1 aliphatic rings. The van der Waals surface area contributed by atoms with Crippen LogP contribution in [0.5, 0.6) is 11.5 Å². The van der Waals surface area contributed by atoms with Gasteiger partial charge in [-0.1, -0.05) is 23.2 Å². The number of fused-ring (bicyclic) bond motifs is 1. The lowest BCUT2D eigenvalue weighted by Crippen LogP contribution is -2.50. The Morgan fingerprint density at radius 1 is 1.00 bits per heavy atom. The number of piperazine rings is 1. The molecule has 0 aliphatic carbocycles. The Bertz CT molecular complexity index is 1550. The Kier molecular flexibility index (Phi) is 10.0. The van der Waals surface area contributed by atoms with Crippen molar-refractivity contribution in [2.45, 2.75) is 46.3 Å². The maximum absolute atomic E-state index is 14.1. The first-order chi connectivity index (χ1) is 20.3. The third-order valence-electron chi connectivity index (χ3n) is 6.84. The lowest BCUT2D eigenvalue weighted by atomic mass is 10.0. The van der Waals surface area contributed by atoms with E-state index in [4.69, 9.17) is 37.4 Å². The zero-order valence-electron chi connectivity index (χ0n) is 25.1. The Balaban J connectivity index is 1.65. The molecule has 0 bridgehead atoms. The van der Waals surface area contributed by atoms with Gasteiger partial charge in [-0.3, -0.25) is 24.4 Å². The standard InChI is InChI=1S/C29H36Cl2N6O6/c1-17(38)33-27-32-16-18-14-19(22-23(30)20(41-5)15-21(42-6)24(22)31)26(39)37(25(18)34-27)9-7-8-35-10-12-36(13-11-35)28(40)43-29(2,3)4/h14-16H,7-13H2,1-6H3,(H,32,33,34,38). The molecule has 1 N–H and O–H groups in total. The van der Waals surface area contributed by atoms with E-state index < -0.39 is 5.60 Å². The predicted molar refractivity (Wildman–Crippen MR) is 166 cm³/mol. The average molecular weight is 636 g/mol.